The SMILES string of the molecule is COc1ccc(NCC2CC(F)(F)C(=O)O2)cc1OC. The normalized spacial score (nSPS) is 20.4. The minimum atomic E-state index is -3.38. The van der Waals surface area contributed by atoms with Gasteiger partial charge in [0.2, 0.25) is 0 Å². The van der Waals surface area contributed by atoms with E-state index >= 15 is 0 Å². The van der Waals surface area contributed by atoms with Crippen molar-refractivity contribution in [1.29, 1.82) is 0 Å². The maximum atomic E-state index is 13.0. The van der Waals surface area contributed by atoms with Crippen molar-refractivity contribution in [1.82, 2.24) is 0 Å². The zero-order valence-electron chi connectivity index (χ0n) is 11.1. The van der Waals surface area contributed by atoms with Crippen LogP contribution in [0.15, 0.2) is 18.2 Å². The predicted molar refractivity (Wildman–Crippen MR) is 67.5 cm³/mol. The van der Waals surface area contributed by atoms with Crippen LogP contribution < -0.4 is 14.8 Å². The molecule has 0 radical (unpaired) electrons. The van der Waals surface area contributed by atoms with Crippen molar-refractivity contribution >= 4 is 11.7 Å². The number of rotatable bonds is 5. The highest BCUT2D eigenvalue weighted by molar-refractivity contribution is 5.79. The third-order valence-electron chi connectivity index (χ3n) is 2.97. The first-order chi connectivity index (χ1) is 9.46. The van der Waals surface area contributed by atoms with E-state index in [4.69, 9.17) is 9.47 Å². The van der Waals surface area contributed by atoms with Gasteiger partial charge in [0.15, 0.2) is 11.5 Å². The van der Waals surface area contributed by atoms with Crippen LogP contribution in [0.5, 0.6) is 11.5 Å². The van der Waals surface area contributed by atoms with Crippen LogP contribution in [-0.2, 0) is 9.53 Å². The molecule has 0 amide bonds. The van der Waals surface area contributed by atoms with Gasteiger partial charge in [0, 0.05) is 11.8 Å². The fraction of sp³-hybridized carbons (Fsp3) is 0.462. The molecule has 0 aromatic heterocycles. The van der Waals surface area contributed by atoms with E-state index < -0.39 is 24.4 Å². The van der Waals surface area contributed by atoms with E-state index in [0.717, 1.165) is 0 Å². The zero-order chi connectivity index (χ0) is 14.8. The van der Waals surface area contributed by atoms with Gasteiger partial charge in [-0.1, -0.05) is 0 Å². The number of halogens is 2. The van der Waals surface area contributed by atoms with Crippen molar-refractivity contribution in [2.75, 3.05) is 26.1 Å². The molecule has 1 N–H and O–H groups in total. The largest absolute Gasteiger partial charge is 0.493 e. The Balaban J connectivity index is 1.97. The number of benzene rings is 1. The molecule has 1 unspecified atom stereocenters. The summed E-state index contributed by atoms with van der Waals surface area (Å²) in [7, 11) is 3.02. The molecule has 20 heavy (non-hydrogen) atoms. The Morgan fingerprint density at radius 2 is 2.05 bits per heavy atom. The third-order valence-corrected chi connectivity index (χ3v) is 2.97. The van der Waals surface area contributed by atoms with Crippen molar-refractivity contribution in [3.8, 4) is 11.5 Å². The van der Waals surface area contributed by atoms with Crippen LogP contribution in [-0.4, -0.2) is 38.8 Å². The number of hydrogen-bond donors (Lipinski definition) is 1. The van der Waals surface area contributed by atoms with Gasteiger partial charge in [0.1, 0.15) is 6.10 Å². The van der Waals surface area contributed by atoms with E-state index in [2.05, 4.69) is 10.1 Å². The van der Waals surface area contributed by atoms with Crippen LogP contribution in [0.3, 0.4) is 0 Å². The maximum Gasteiger partial charge on any atom is 0.377 e. The van der Waals surface area contributed by atoms with Crippen molar-refractivity contribution in [3.05, 3.63) is 18.2 Å². The summed E-state index contributed by atoms with van der Waals surface area (Å²) in [6, 6.07) is 5.08. The van der Waals surface area contributed by atoms with Crippen molar-refractivity contribution < 1.29 is 27.8 Å². The molecule has 1 aliphatic rings. The molecule has 110 valence electrons. The molecule has 1 fully saturated rings. The second-order valence-corrected chi connectivity index (χ2v) is 4.39. The topological polar surface area (TPSA) is 56.8 Å². The first kappa shape index (κ1) is 14.4. The van der Waals surface area contributed by atoms with E-state index in [1.54, 1.807) is 18.2 Å². The van der Waals surface area contributed by atoms with E-state index in [9.17, 15) is 13.6 Å². The number of esters is 1. The summed E-state index contributed by atoms with van der Waals surface area (Å²) in [5.41, 5.74) is 0.661. The molecule has 1 saturated heterocycles. The Morgan fingerprint density at radius 1 is 1.35 bits per heavy atom. The summed E-state index contributed by atoms with van der Waals surface area (Å²) < 4.78 is 40.8. The summed E-state index contributed by atoms with van der Waals surface area (Å²) in [6.45, 7) is 0.108. The molecule has 1 heterocycles. The van der Waals surface area contributed by atoms with Crippen LogP contribution >= 0.6 is 0 Å². The zero-order valence-corrected chi connectivity index (χ0v) is 11.1. The third kappa shape index (κ3) is 2.92. The van der Waals surface area contributed by atoms with E-state index in [1.807, 2.05) is 0 Å². The number of nitrogens with one attached hydrogen (secondary N) is 1. The number of alkyl halides is 2. The Kier molecular flexibility index (Phi) is 3.96. The second kappa shape index (κ2) is 5.52. The lowest BCUT2D eigenvalue weighted by Crippen LogP contribution is -2.22. The summed E-state index contributed by atoms with van der Waals surface area (Å²) in [5, 5.41) is 2.92. The summed E-state index contributed by atoms with van der Waals surface area (Å²) >= 11 is 0. The van der Waals surface area contributed by atoms with Gasteiger partial charge < -0.3 is 19.5 Å². The van der Waals surface area contributed by atoms with Gasteiger partial charge in [-0.2, -0.15) is 8.78 Å². The van der Waals surface area contributed by atoms with Crippen LogP contribution in [0.2, 0.25) is 0 Å². The first-order valence-electron chi connectivity index (χ1n) is 6.01. The van der Waals surface area contributed by atoms with Crippen LogP contribution in [0.4, 0.5) is 14.5 Å². The summed E-state index contributed by atoms with van der Waals surface area (Å²) in [6.07, 6.45) is -1.45. The molecule has 7 heteroatoms. The highest BCUT2D eigenvalue weighted by Crippen LogP contribution is 2.32. The summed E-state index contributed by atoms with van der Waals surface area (Å²) in [4.78, 5) is 10.9. The number of ether oxygens (including phenoxy) is 3. The molecule has 5 nitrogen and oxygen atoms in total. The van der Waals surface area contributed by atoms with Crippen LogP contribution in [0, 0.1) is 0 Å². The molecule has 2 rings (SSSR count). The van der Waals surface area contributed by atoms with Crippen LogP contribution in [0.1, 0.15) is 6.42 Å². The molecule has 0 saturated carbocycles. The first-order valence-corrected chi connectivity index (χ1v) is 6.01. The Bertz CT molecular complexity index is 507. The minimum Gasteiger partial charge on any atom is -0.493 e. The quantitative estimate of drug-likeness (QED) is 0.840. The fourth-order valence-corrected chi connectivity index (χ4v) is 1.94. The lowest BCUT2D eigenvalue weighted by molar-refractivity contribution is -0.158. The Labute approximate surface area is 114 Å². The van der Waals surface area contributed by atoms with E-state index in [-0.39, 0.29) is 6.54 Å². The van der Waals surface area contributed by atoms with E-state index in [1.165, 1.54) is 14.2 Å². The molecule has 1 aliphatic heterocycles. The number of carbonyl (C=O) groups excluding carboxylic acids is 1. The average molecular weight is 287 g/mol. The van der Waals surface area contributed by atoms with Crippen LogP contribution in [0.25, 0.3) is 0 Å². The van der Waals surface area contributed by atoms with Crippen molar-refractivity contribution in [3.63, 3.8) is 0 Å². The van der Waals surface area contributed by atoms with E-state index in [0.29, 0.717) is 17.2 Å². The second-order valence-electron chi connectivity index (χ2n) is 4.39. The van der Waals surface area contributed by atoms with Gasteiger partial charge in [-0.25, -0.2) is 4.79 Å². The number of anilines is 1. The van der Waals surface area contributed by atoms with Crippen molar-refractivity contribution in [2.45, 2.75) is 18.4 Å². The van der Waals surface area contributed by atoms with Gasteiger partial charge in [-0.15, -0.1) is 0 Å². The number of cyclic esters (lactones) is 1. The van der Waals surface area contributed by atoms with Crippen molar-refractivity contribution in [2.24, 2.45) is 0 Å². The molecule has 0 bridgehead atoms. The molecule has 1 aromatic rings. The summed E-state index contributed by atoms with van der Waals surface area (Å²) in [5.74, 6) is -3.76. The van der Waals surface area contributed by atoms with Gasteiger partial charge in [-0.3, -0.25) is 0 Å². The average Bonchev–Trinajstić information content (AvgIpc) is 2.69. The lowest BCUT2D eigenvalue weighted by Gasteiger charge is -2.13. The van der Waals surface area contributed by atoms with Gasteiger partial charge in [0.05, 0.1) is 27.2 Å². The highest BCUT2D eigenvalue weighted by atomic mass is 19.3. The van der Waals surface area contributed by atoms with Gasteiger partial charge in [0.25, 0.3) is 0 Å². The Hall–Kier alpha value is -2.05. The molecule has 0 spiro atoms. The molecule has 0 aliphatic carbocycles. The molecule has 1 atom stereocenters. The number of hydrogen-bond acceptors (Lipinski definition) is 5. The standard InChI is InChI=1S/C13H15F2NO4/c1-18-10-4-3-8(5-11(10)19-2)16-7-9-6-13(14,15)12(17)20-9/h3-5,9,16H,6-7H2,1-2H3. The van der Waals surface area contributed by atoms with Gasteiger partial charge in [-0.05, 0) is 12.1 Å². The number of carbonyl (C=O) groups is 1. The molecular formula is C13H15F2NO4. The maximum absolute atomic E-state index is 13.0. The lowest BCUT2D eigenvalue weighted by atomic mass is 10.2. The molecular weight excluding hydrogens is 272 g/mol. The Morgan fingerprint density at radius 3 is 2.60 bits per heavy atom. The number of methoxy groups -OCH3 is 2. The highest BCUT2D eigenvalue weighted by Gasteiger charge is 2.50. The molecule has 1 aromatic carbocycles. The predicted octanol–water partition coefficient (Wildman–Crippen LogP) is 2.07. The monoisotopic (exact) mass is 287 g/mol. The minimum absolute atomic E-state index is 0.108. The fourth-order valence-electron chi connectivity index (χ4n) is 1.94. The van der Waals surface area contributed by atoms with Gasteiger partial charge >= 0.3 is 11.9 Å². The smallest absolute Gasteiger partial charge is 0.377 e.